The van der Waals surface area contributed by atoms with Crippen molar-refractivity contribution >= 4 is 42.4 Å². The molecule has 8 heteroatoms. The number of nitrogens with zero attached hydrogens (tertiary/aromatic N) is 2. The number of hydrogen-bond donors (Lipinski definition) is 1. The fourth-order valence-corrected chi connectivity index (χ4v) is 4.91. The smallest absolute Gasteiger partial charge is 0.244 e. The van der Waals surface area contributed by atoms with Crippen LogP contribution in [0.5, 0.6) is 0 Å². The van der Waals surface area contributed by atoms with Crippen molar-refractivity contribution in [2.24, 2.45) is 0 Å². The maximum Gasteiger partial charge on any atom is 0.244 e. The molecule has 0 aliphatic heterocycles. The molecule has 0 fully saturated rings. The number of anilines is 1. The topological polar surface area (TPSA) is 71.8 Å². The van der Waals surface area contributed by atoms with Crippen molar-refractivity contribution in [3.63, 3.8) is 0 Å². The molecule has 0 aliphatic rings. The number of para-hydroxylation sites is 1. The van der Waals surface area contributed by atoms with Gasteiger partial charge in [-0.3, -0.25) is 9.69 Å². The number of thiazole rings is 1. The average molecular weight is 419 g/mol. The average Bonchev–Trinajstić information content (AvgIpc) is 3.05. The van der Waals surface area contributed by atoms with Crippen LogP contribution in [0.15, 0.2) is 53.4 Å². The van der Waals surface area contributed by atoms with Crippen LogP contribution in [0.3, 0.4) is 0 Å². The number of likely N-dealkylation sites (N-methyl/N-ethyl adjacent to an activating group) is 1. The van der Waals surface area contributed by atoms with E-state index in [1.807, 2.05) is 45.3 Å². The van der Waals surface area contributed by atoms with Gasteiger partial charge in [0.05, 0.1) is 42.3 Å². The lowest BCUT2D eigenvalue weighted by Crippen LogP contribution is -3.06. The molecule has 0 spiro atoms. The Morgan fingerprint density at radius 3 is 2.43 bits per heavy atom. The van der Waals surface area contributed by atoms with Crippen LogP contribution < -0.4 is 9.80 Å². The second-order valence-electron chi connectivity index (χ2n) is 7.04. The van der Waals surface area contributed by atoms with Gasteiger partial charge < -0.3 is 4.90 Å². The summed E-state index contributed by atoms with van der Waals surface area (Å²) in [6.45, 7) is 2.98. The molecule has 0 atom stereocenters. The number of carbonyl (C=O) groups excluding carboxylic acids is 1. The zero-order valence-corrected chi connectivity index (χ0v) is 17.8. The van der Waals surface area contributed by atoms with E-state index in [2.05, 4.69) is 4.98 Å². The third kappa shape index (κ3) is 4.76. The molecule has 28 heavy (non-hydrogen) atoms. The van der Waals surface area contributed by atoms with Crippen molar-refractivity contribution in [3.05, 3.63) is 54.1 Å². The van der Waals surface area contributed by atoms with Gasteiger partial charge in [-0.05, 0) is 31.2 Å². The predicted molar refractivity (Wildman–Crippen MR) is 113 cm³/mol. The minimum Gasteiger partial charge on any atom is -0.338 e. The van der Waals surface area contributed by atoms with E-state index in [4.69, 9.17) is 0 Å². The first-order chi connectivity index (χ1) is 13.3. The Labute approximate surface area is 169 Å². The molecule has 3 rings (SSSR count). The highest BCUT2D eigenvalue weighted by molar-refractivity contribution is 7.92. The number of fused-ring (bicyclic) bond motifs is 1. The standard InChI is InChI=1S/C20H23N3O3S2/c1-15-8-10-16(11-9-15)28(25,26)14-19(24)23(13-12-22(2)3)20-21-17-6-4-5-7-18(17)27-20/h4-11H,12-14H2,1-3H3/p+1. The molecular formula is C20H24N3O3S2+. The van der Waals surface area contributed by atoms with Crippen LogP contribution in [0, 0.1) is 6.92 Å². The molecule has 0 unspecified atom stereocenters. The Morgan fingerprint density at radius 2 is 1.79 bits per heavy atom. The normalized spacial score (nSPS) is 11.9. The molecule has 0 saturated carbocycles. The van der Waals surface area contributed by atoms with E-state index in [1.54, 1.807) is 24.3 Å². The Balaban J connectivity index is 1.88. The molecule has 0 bridgehead atoms. The first-order valence-electron chi connectivity index (χ1n) is 9.00. The highest BCUT2D eigenvalue weighted by atomic mass is 32.2. The lowest BCUT2D eigenvalue weighted by molar-refractivity contribution is -0.856. The van der Waals surface area contributed by atoms with E-state index in [0.29, 0.717) is 18.2 Å². The summed E-state index contributed by atoms with van der Waals surface area (Å²) in [6.07, 6.45) is 0. The van der Waals surface area contributed by atoms with Gasteiger partial charge in [0.25, 0.3) is 0 Å². The predicted octanol–water partition coefficient (Wildman–Crippen LogP) is 1.56. The second-order valence-corrected chi connectivity index (χ2v) is 10.0. The van der Waals surface area contributed by atoms with E-state index < -0.39 is 21.5 Å². The van der Waals surface area contributed by atoms with Gasteiger partial charge in [0.2, 0.25) is 5.91 Å². The van der Waals surface area contributed by atoms with Crippen LogP contribution in [-0.2, 0) is 14.6 Å². The SMILES string of the molecule is Cc1ccc(S(=O)(=O)CC(=O)N(CC[NH+](C)C)c2nc3ccccc3s2)cc1. The molecule has 0 radical (unpaired) electrons. The Hall–Kier alpha value is -2.29. The molecule has 2 aromatic carbocycles. The summed E-state index contributed by atoms with van der Waals surface area (Å²) in [4.78, 5) is 20.4. The van der Waals surface area contributed by atoms with Crippen molar-refractivity contribution in [2.45, 2.75) is 11.8 Å². The molecule has 1 N–H and O–H groups in total. The molecular weight excluding hydrogens is 394 g/mol. The molecule has 1 heterocycles. The Bertz CT molecular complexity index is 1040. The van der Waals surface area contributed by atoms with Gasteiger partial charge in [-0.1, -0.05) is 41.2 Å². The number of quaternary nitrogens is 1. The van der Waals surface area contributed by atoms with Crippen LogP contribution in [0.1, 0.15) is 5.56 Å². The summed E-state index contributed by atoms with van der Waals surface area (Å²) < 4.78 is 26.4. The summed E-state index contributed by atoms with van der Waals surface area (Å²) in [5.41, 5.74) is 1.77. The number of rotatable bonds is 7. The van der Waals surface area contributed by atoms with Crippen molar-refractivity contribution in [1.29, 1.82) is 0 Å². The third-order valence-corrected chi connectivity index (χ3v) is 7.02. The van der Waals surface area contributed by atoms with Crippen molar-refractivity contribution in [3.8, 4) is 0 Å². The van der Waals surface area contributed by atoms with Crippen LogP contribution >= 0.6 is 11.3 Å². The lowest BCUT2D eigenvalue weighted by Gasteiger charge is -2.20. The number of aromatic nitrogens is 1. The zero-order valence-electron chi connectivity index (χ0n) is 16.2. The van der Waals surface area contributed by atoms with Crippen LogP contribution in [0.25, 0.3) is 10.2 Å². The van der Waals surface area contributed by atoms with Gasteiger partial charge in [0.15, 0.2) is 15.0 Å². The summed E-state index contributed by atoms with van der Waals surface area (Å²) in [5.74, 6) is -1.03. The van der Waals surface area contributed by atoms with Crippen LogP contribution in [0.4, 0.5) is 5.13 Å². The molecule has 0 saturated heterocycles. The molecule has 1 amide bonds. The quantitative estimate of drug-likeness (QED) is 0.632. The molecule has 3 aromatic rings. The number of sulfone groups is 1. The van der Waals surface area contributed by atoms with E-state index in [1.165, 1.54) is 21.1 Å². The molecule has 1 aromatic heterocycles. The maximum atomic E-state index is 13.0. The fraction of sp³-hybridized carbons (Fsp3) is 0.300. The summed E-state index contributed by atoms with van der Waals surface area (Å²) in [7, 11) is 0.261. The minimum atomic E-state index is -3.72. The van der Waals surface area contributed by atoms with Crippen molar-refractivity contribution in [1.82, 2.24) is 4.98 Å². The minimum absolute atomic E-state index is 0.161. The van der Waals surface area contributed by atoms with Crippen molar-refractivity contribution < 1.29 is 18.1 Å². The zero-order chi connectivity index (χ0) is 20.3. The number of benzene rings is 2. The number of carbonyl (C=O) groups is 1. The molecule has 148 valence electrons. The molecule has 6 nitrogen and oxygen atoms in total. The number of aryl methyl sites for hydroxylation is 1. The number of amides is 1. The van der Waals surface area contributed by atoms with Gasteiger partial charge in [0.1, 0.15) is 5.75 Å². The fourth-order valence-electron chi connectivity index (χ4n) is 2.71. The van der Waals surface area contributed by atoms with Gasteiger partial charge in [0, 0.05) is 0 Å². The van der Waals surface area contributed by atoms with E-state index in [9.17, 15) is 13.2 Å². The van der Waals surface area contributed by atoms with Gasteiger partial charge in [-0.15, -0.1) is 0 Å². The number of hydrogen-bond acceptors (Lipinski definition) is 5. The Morgan fingerprint density at radius 1 is 1.11 bits per heavy atom. The highest BCUT2D eigenvalue weighted by Gasteiger charge is 2.27. The van der Waals surface area contributed by atoms with Crippen molar-refractivity contribution in [2.75, 3.05) is 37.8 Å². The van der Waals surface area contributed by atoms with Crippen LogP contribution in [0.2, 0.25) is 0 Å². The Kier molecular flexibility index (Phi) is 6.12. The summed E-state index contributed by atoms with van der Waals surface area (Å²) in [5, 5.41) is 0.534. The van der Waals surface area contributed by atoms with Crippen LogP contribution in [-0.4, -0.2) is 52.2 Å². The summed E-state index contributed by atoms with van der Waals surface area (Å²) >= 11 is 1.40. The third-order valence-electron chi connectivity index (χ3n) is 4.34. The maximum absolute atomic E-state index is 13.0. The van der Waals surface area contributed by atoms with Gasteiger partial charge >= 0.3 is 0 Å². The van der Waals surface area contributed by atoms with Gasteiger partial charge in [-0.2, -0.15) is 0 Å². The largest absolute Gasteiger partial charge is 0.338 e. The number of nitrogens with one attached hydrogen (secondary N) is 1. The van der Waals surface area contributed by atoms with Gasteiger partial charge in [-0.25, -0.2) is 13.4 Å². The first kappa shape index (κ1) is 20.4. The first-order valence-corrected chi connectivity index (χ1v) is 11.5. The highest BCUT2D eigenvalue weighted by Crippen LogP contribution is 2.29. The monoisotopic (exact) mass is 418 g/mol. The van der Waals surface area contributed by atoms with E-state index >= 15 is 0 Å². The molecule has 0 aliphatic carbocycles. The van der Waals surface area contributed by atoms with E-state index in [0.717, 1.165) is 15.8 Å². The lowest BCUT2D eigenvalue weighted by atomic mass is 10.2. The second kappa shape index (κ2) is 8.38. The summed E-state index contributed by atoms with van der Waals surface area (Å²) in [6, 6.07) is 14.2. The van der Waals surface area contributed by atoms with E-state index in [-0.39, 0.29) is 4.90 Å².